The lowest BCUT2D eigenvalue weighted by Crippen LogP contribution is -2.10. The van der Waals surface area contributed by atoms with Crippen LogP contribution in [0.15, 0.2) is 84.9 Å². The molecule has 3 aromatic rings. The molecule has 0 aliphatic rings. The molecule has 3 aromatic carbocycles. The zero-order valence-electron chi connectivity index (χ0n) is 14.9. The second kappa shape index (κ2) is 8.98. The Morgan fingerprint density at radius 3 is 2.21 bits per heavy atom. The number of aryl methyl sites for hydroxylation is 1. The van der Waals surface area contributed by atoms with Crippen LogP contribution >= 0.6 is 11.6 Å². The van der Waals surface area contributed by atoms with Crippen LogP contribution in [0.3, 0.4) is 0 Å². The van der Waals surface area contributed by atoms with E-state index in [2.05, 4.69) is 0 Å². The Labute approximate surface area is 167 Å². The largest absolute Gasteiger partial charge is 0.457 e. The van der Waals surface area contributed by atoms with Crippen molar-refractivity contribution in [3.63, 3.8) is 0 Å². The van der Waals surface area contributed by atoms with E-state index in [1.807, 2.05) is 54.6 Å². The van der Waals surface area contributed by atoms with Crippen LogP contribution in [0.5, 0.6) is 11.5 Å². The van der Waals surface area contributed by atoms with E-state index < -0.39 is 11.7 Å². The second-order valence-corrected chi connectivity index (χ2v) is 6.66. The molecule has 0 spiro atoms. The van der Waals surface area contributed by atoms with Gasteiger partial charge < -0.3 is 4.74 Å². The lowest BCUT2D eigenvalue weighted by molar-refractivity contribution is -0.0690. The van der Waals surface area contributed by atoms with E-state index in [0.717, 1.165) is 5.56 Å². The molecule has 0 saturated carbocycles. The monoisotopic (exact) mass is 402 g/mol. The summed E-state index contributed by atoms with van der Waals surface area (Å²) in [5, 5.41) is 0.403. The maximum absolute atomic E-state index is 13.4. The van der Waals surface area contributed by atoms with Crippen molar-refractivity contribution in [2.75, 3.05) is 0 Å². The van der Waals surface area contributed by atoms with Gasteiger partial charge in [0, 0.05) is 5.02 Å². The first-order valence-corrected chi connectivity index (χ1v) is 9.15. The summed E-state index contributed by atoms with van der Waals surface area (Å²) >= 11 is 5.78. The Balaban J connectivity index is 1.71. The molecule has 0 unspecified atom stereocenters. The van der Waals surface area contributed by atoms with Gasteiger partial charge in [0.1, 0.15) is 11.5 Å². The lowest BCUT2D eigenvalue weighted by Gasteiger charge is -2.12. The normalized spacial score (nSPS) is 12.1. The summed E-state index contributed by atoms with van der Waals surface area (Å²) in [7, 11) is 0. The highest BCUT2D eigenvalue weighted by molar-refractivity contribution is 6.30. The summed E-state index contributed by atoms with van der Waals surface area (Å²) in [5.74, 6) is 1.36. The first kappa shape index (κ1) is 20.0. The topological polar surface area (TPSA) is 9.23 Å². The highest BCUT2D eigenvalue weighted by Crippen LogP contribution is 2.35. The van der Waals surface area contributed by atoms with Crippen molar-refractivity contribution >= 4 is 17.2 Å². The Bertz CT molecular complexity index is 932. The van der Waals surface area contributed by atoms with Crippen LogP contribution in [0.4, 0.5) is 13.2 Å². The van der Waals surface area contributed by atoms with Gasteiger partial charge in [0.15, 0.2) is 0 Å². The van der Waals surface area contributed by atoms with Gasteiger partial charge in [-0.1, -0.05) is 60.1 Å². The molecule has 28 heavy (non-hydrogen) atoms. The standard InChI is InChI=1S/C23H18ClF3O/c24-19-14-12-18(13-15-19)22(23(25,26)27)11-5-7-17-6-4-10-21(16-17)28-20-8-2-1-3-9-20/h1-4,6,8-16H,5,7H2. The molecule has 0 aliphatic carbocycles. The number of hydrogen-bond donors (Lipinski definition) is 0. The Morgan fingerprint density at radius 1 is 0.857 bits per heavy atom. The summed E-state index contributed by atoms with van der Waals surface area (Å²) in [6.07, 6.45) is -2.47. The summed E-state index contributed by atoms with van der Waals surface area (Å²) in [6, 6.07) is 22.4. The maximum Gasteiger partial charge on any atom is 0.416 e. The number of alkyl halides is 3. The van der Waals surface area contributed by atoms with Crippen molar-refractivity contribution < 1.29 is 17.9 Å². The number of para-hydroxylation sites is 1. The number of allylic oxidation sites excluding steroid dienone is 2. The highest BCUT2D eigenvalue weighted by atomic mass is 35.5. The molecule has 0 aliphatic heterocycles. The summed E-state index contributed by atoms with van der Waals surface area (Å²) in [4.78, 5) is 0. The molecule has 0 saturated heterocycles. The van der Waals surface area contributed by atoms with Crippen LogP contribution in [-0.2, 0) is 6.42 Å². The Hall–Kier alpha value is -2.72. The van der Waals surface area contributed by atoms with Gasteiger partial charge in [0.05, 0.1) is 5.57 Å². The molecule has 0 bridgehead atoms. The molecule has 0 amide bonds. The van der Waals surface area contributed by atoms with E-state index in [1.54, 1.807) is 0 Å². The van der Waals surface area contributed by atoms with Crippen LogP contribution in [-0.4, -0.2) is 6.18 Å². The molecule has 0 atom stereocenters. The summed E-state index contributed by atoms with van der Waals surface area (Å²) < 4.78 is 46.0. The van der Waals surface area contributed by atoms with Crippen molar-refractivity contribution in [1.82, 2.24) is 0 Å². The molecule has 0 aromatic heterocycles. The third-order valence-corrected chi connectivity index (χ3v) is 4.37. The van der Waals surface area contributed by atoms with Crippen LogP contribution in [0.25, 0.3) is 5.57 Å². The fraction of sp³-hybridized carbons (Fsp3) is 0.130. The number of halogens is 4. The van der Waals surface area contributed by atoms with Gasteiger partial charge in [-0.25, -0.2) is 0 Å². The smallest absolute Gasteiger partial charge is 0.416 e. The third kappa shape index (κ3) is 5.64. The van der Waals surface area contributed by atoms with Crippen molar-refractivity contribution in [3.05, 3.63) is 101 Å². The fourth-order valence-electron chi connectivity index (χ4n) is 2.80. The molecule has 0 fully saturated rings. The quantitative estimate of drug-likeness (QED) is 0.410. The average Bonchev–Trinajstić information content (AvgIpc) is 2.66. The van der Waals surface area contributed by atoms with Gasteiger partial charge in [0.25, 0.3) is 0 Å². The van der Waals surface area contributed by atoms with Crippen molar-refractivity contribution in [1.29, 1.82) is 0 Å². The Morgan fingerprint density at radius 2 is 1.54 bits per heavy atom. The summed E-state index contributed by atoms with van der Waals surface area (Å²) in [5.41, 5.74) is 0.362. The fourth-order valence-corrected chi connectivity index (χ4v) is 2.92. The van der Waals surface area contributed by atoms with E-state index in [0.29, 0.717) is 22.9 Å². The molecule has 0 heterocycles. The molecule has 3 rings (SSSR count). The van der Waals surface area contributed by atoms with Crippen LogP contribution < -0.4 is 4.74 Å². The van der Waals surface area contributed by atoms with Crippen LogP contribution in [0.1, 0.15) is 17.5 Å². The molecule has 5 heteroatoms. The molecule has 0 radical (unpaired) electrons. The predicted octanol–water partition coefficient (Wildman–Crippen LogP) is 7.71. The van der Waals surface area contributed by atoms with Gasteiger partial charge in [-0.3, -0.25) is 0 Å². The number of ether oxygens (including phenoxy) is 1. The van der Waals surface area contributed by atoms with Crippen molar-refractivity contribution in [2.45, 2.75) is 19.0 Å². The minimum Gasteiger partial charge on any atom is -0.457 e. The first-order valence-electron chi connectivity index (χ1n) is 8.77. The molecule has 1 nitrogen and oxygen atoms in total. The van der Waals surface area contributed by atoms with Crippen molar-refractivity contribution in [2.24, 2.45) is 0 Å². The number of hydrogen-bond acceptors (Lipinski definition) is 1. The number of benzene rings is 3. The summed E-state index contributed by atoms with van der Waals surface area (Å²) in [6.45, 7) is 0. The minimum atomic E-state index is -4.42. The van der Waals surface area contributed by atoms with Gasteiger partial charge in [-0.15, -0.1) is 0 Å². The third-order valence-electron chi connectivity index (χ3n) is 4.12. The van der Waals surface area contributed by atoms with E-state index in [-0.39, 0.29) is 12.0 Å². The second-order valence-electron chi connectivity index (χ2n) is 6.22. The Kier molecular flexibility index (Phi) is 6.42. The van der Waals surface area contributed by atoms with Gasteiger partial charge in [-0.2, -0.15) is 13.2 Å². The molecular weight excluding hydrogens is 385 g/mol. The van der Waals surface area contributed by atoms with Gasteiger partial charge in [-0.05, 0) is 60.4 Å². The van der Waals surface area contributed by atoms with Gasteiger partial charge >= 0.3 is 6.18 Å². The number of rotatable bonds is 6. The molecule has 144 valence electrons. The van der Waals surface area contributed by atoms with Crippen LogP contribution in [0.2, 0.25) is 5.02 Å². The molecule has 0 N–H and O–H groups in total. The van der Waals surface area contributed by atoms with E-state index in [4.69, 9.17) is 16.3 Å². The minimum absolute atomic E-state index is 0.109. The van der Waals surface area contributed by atoms with Crippen LogP contribution in [0, 0.1) is 0 Å². The molecular formula is C23H18ClF3O. The zero-order valence-corrected chi connectivity index (χ0v) is 15.7. The van der Waals surface area contributed by atoms with E-state index in [9.17, 15) is 13.2 Å². The SMILES string of the molecule is FC(F)(F)C(=CCCc1cccc(Oc2ccccc2)c1)c1ccc(Cl)cc1. The average molecular weight is 403 g/mol. The maximum atomic E-state index is 13.4. The van der Waals surface area contributed by atoms with E-state index >= 15 is 0 Å². The van der Waals surface area contributed by atoms with E-state index in [1.165, 1.54) is 30.3 Å². The zero-order chi connectivity index (χ0) is 20.0. The predicted molar refractivity (Wildman–Crippen MR) is 107 cm³/mol. The lowest BCUT2D eigenvalue weighted by atomic mass is 10.0. The van der Waals surface area contributed by atoms with Gasteiger partial charge in [0.2, 0.25) is 0 Å². The van der Waals surface area contributed by atoms with Crippen molar-refractivity contribution in [3.8, 4) is 11.5 Å². The first-order chi connectivity index (χ1) is 13.4. The highest BCUT2D eigenvalue weighted by Gasteiger charge is 2.34.